The van der Waals surface area contributed by atoms with E-state index in [1.54, 1.807) is 0 Å². The Morgan fingerprint density at radius 3 is 2.44 bits per heavy atom. The molecular weight excluding hydrogens is 200 g/mol. The van der Waals surface area contributed by atoms with Gasteiger partial charge in [0.05, 0.1) is 6.61 Å². The molecule has 16 heavy (non-hydrogen) atoms. The zero-order valence-electron chi connectivity index (χ0n) is 11.8. The summed E-state index contributed by atoms with van der Waals surface area (Å²) in [6.07, 6.45) is 2.38. The van der Waals surface area contributed by atoms with Crippen molar-refractivity contribution in [1.29, 1.82) is 0 Å². The van der Waals surface area contributed by atoms with E-state index in [4.69, 9.17) is 4.74 Å². The summed E-state index contributed by atoms with van der Waals surface area (Å²) in [5, 5.41) is 3.61. The van der Waals surface area contributed by atoms with E-state index in [0.717, 1.165) is 26.3 Å². The third-order valence-electron chi connectivity index (χ3n) is 3.17. The predicted octanol–water partition coefficient (Wildman–Crippen LogP) is 2.12. The molecule has 2 atom stereocenters. The van der Waals surface area contributed by atoms with Gasteiger partial charge in [-0.25, -0.2) is 0 Å². The molecule has 3 heteroatoms. The monoisotopic (exact) mass is 230 g/mol. The van der Waals surface area contributed by atoms with Crippen LogP contribution in [0.4, 0.5) is 0 Å². The van der Waals surface area contributed by atoms with Gasteiger partial charge in [-0.2, -0.15) is 0 Å². The van der Waals surface area contributed by atoms with Gasteiger partial charge in [-0.05, 0) is 40.3 Å². The van der Waals surface area contributed by atoms with Gasteiger partial charge in [0.1, 0.15) is 0 Å². The molecule has 0 bridgehead atoms. The largest absolute Gasteiger partial charge is 0.380 e. The van der Waals surface area contributed by atoms with E-state index in [1.165, 1.54) is 12.8 Å². The molecule has 0 aromatic carbocycles. The summed E-state index contributed by atoms with van der Waals surface area (Å²) in [5.74, 6) is 0. The second-order valence-electron chi connectivity index (χ2n) is 4.39. The number of nitrogens with one attached hydrogen (secondary N) is 1. The number of nitrogens with zero attached hydrogens (tertiary/aromatic N) is 1. The molecular formula is C13H30N2O. The van der Waals surface area contributed by atoms with Crippen molar-refractivity contribution in [2.75, 3.05) is 33.4 Å². The Morgan fingerprint density at radius 2 is 1.94 bits per heavy atom. The van der Waals surface area contributed by atoms with Crippen LogP contribution < -0.4 is 5.32 Å². The van der Waals surface area contributed by atoms with Crippen LogP contribution in [-0.4, -0.2) is 50.3 Å². The smallest absolute Gasteiger partial charge is 0.0593 e. The Hall–Kier alpha value is -0.120. The summed E-state index contributed by atoms with van der Waals surface area (Å²) in [4.78, 5) is 2.38. The fraction of sp³-hybridized carbons (Fsp3) is 1.00. The lowest BCUT2D eigenvalue weighted by Crippen LogP contribution is -2.47. The number of likely N-dealkylation sites (N-methyl/N-ethyl adjacent to an activating group) is 1. The SMILES string of the molecule is CCCNC(CC)C(C)N(C)CCOCC. The van der Waals surface area contributed by atoms with Gasteiger partial charge in [0, 0.05) is 25.2 Å². The highest BCUT2D eigenvalue weighted by Crippen LogP contribution is 2.05. The van der Waals surface area contributed by atoms with E-state index in [0.29, 0.717) is 12.1 Å². The minimum absolute atomic E-state index is 0.567. The molecule has 2 unspecified atom stereocenters. The maximum atomic E-state index is 5.39. The van der Waals surface area contributed by atoms with Crippen LogP contribution in [0.5, 0.6) is 0 Å². The molecule has 0 radical (unpaired) electrons. The normalized spacial score (nSPS) is 15.4. The van der Waals surface area contributed by atoms with Crippen LogP contribution in [0.15, 0.2) is 0 Å². The zero-order valence-corrected chi connectivity index (χ0v) is 11.8. The molecule has 0 aliphatic heterocycles. The summed E-state index contributed by atoms with van der Waals surface area (Å²) in [5.41, 5.74) is 0. The maximum Gasteiger partial charge on any atom is 0.0593 e. The average molecular weight is 230 g/mol. The topological polar surface area (TPSA) is 24.5 Å². The summed E-state index contributed by atoms with van der Waals surface area (Å²) in [7, 11) is 2.18. The number of hydrogen-bond donors (Lipinski definition) is 1. The molecule has 0 fully saturated rings. The van der Waals surface area contributed by atoms with Crippen LogP contribution >= 0.6 is 0 Å². The first-order valence-electron chi connectivity index (χ1n) is 6.68. The van der Waals surface area contributed by atoms with Crippen molar-refractivity contribution in [3.63, 3.8) is 0 Å². The van der Waals surface area contributed by atoms with Gasteiger partial charge in [0.25, 0.3) is 0 Å². The molecule has 0 spiro atoms. The fourth-order valence-electron chi connectivity index (χ4n) is 1.85. The van der Waals surface area contributed by atoms with Crippen molar-refractivity contribution < 1.29 is 4.74 Å². The summed E-state index contributed by atoms with van der Waals surface area (Å²) >= 11 is 0. The highest BCUT2D eigenvalue weighted by molar-refractivity contribution is 4.78. The van der Waals surface area contributed by atoms with Gasteiger partial charge < -0.3 is 10.1 Å². The highest BCUT2D eigenvalue weighted by Gasteiger charge is 2.18. The molecule has 0 amide bonds. The number of ether oxygens (including phenoxy) is 1. The maximum absolute atomic E-state index is 5.39. The predicted molar refractivity (Wildman–Crippen MR) is 71.0 cm³/mol. The van der Waals surface area contributed by atoms with Crippen LogP contribution in [0.2, 0.25) is 0 Å². The Kier molecular flexibility index (Phi) is 9.99. The molecule has 0 heterocycles. The molecule has 0 aliphatic rings. The van der Waals surface area contributed by atoms with Gasteiger partial charge in [0.2, 0.25) is 0 Å². The van der Waals surface area contributed by atoms with E-state index >= 15 is 0 Å². The highest BCUT2D eigenvalue weighted by atomic mass is 16.5. The van der Waals surface area contributed by atoms with Gasteiger partial charge in [0.15, 0.2) is 0 Å². The van der Waals surface area contributed by atoms with Crippen molar-refractivity contribution in [1.82, 2.24) is 10.2 Å². The third kappa shape index (κ3) is 6.46. The molecule has 1 N–H and O–H groups in total. The second kappa shape index (κ2) is 10.1. The van der Waals surface area contributed by atoms with Crippen LogP contribution in [-0.2, 0) is 4.74 Å². The molecule has 0 saturated heterocycles. The van der Waals surface area contributed by atoms with Gasteiger partial charge in [-0.15, -0.1) is 0 Å². The minimum atomic E-state index is 0.567. The number of rotatable bonds is 10. The van der Waals surface area contributed by atoms with Crippen molar-refractivity contribution in [3.8, 4) is 0 Å². The standard InChI is InChI=1S/C13H30N2O/c1-6-9-14-13(7-2)12(4)15(5)10-11-16-8-3/h12-14H,6-11H2,1-5H3. The average Bonchev–Trinajstić information content (AvgIpc) is 2.30. The van der Waals surface area contributed by atoms with E-state index < -0.39 is 0 Å². The van der Waals surface area contributed by atoms with E-state index in [9.17, 15) is 0 Å². The summed E-state index contributed by atoms with van der Waals surface area (Å²) in [6, 6.07) is 1.16. The van der Waals surface area contributed by atoms with Crippen LogP contribution in [0.25, 0.3) is 0 Å². The van der Waals surface area contributed by atoms with Gasteiger partial charge in [-0.3, -0.25) is 4.90 Å². The summed E-state index contributed by atoms with van der Waals surface area (Å²) < 4.78 is 5.39. The van der Waals surface area contributed by atoms with E-state index in [1.807, 2.05) is 6.92 Å². The Labute approximate surface area is 102 Å². The molecule has 0 aromatic rings. The molecule has 0 aromatic heterocycles. The molecule has 98 valence electrons. The molecule has 0 aliphatic carbocycles. The number of hydrogen-bond acceptors (Lipinski definition) is 3. The molecule has 0 rings (SSSR count). The van der Waals surface area contributed by atoms with Gasteiger partial charge in [-0.1, -0.05) is 13.8 Å². The first-order valence-corrected chi connectivity index (χ1v) is 6.68. The van der Waals surface area contributed by atoms with Crippen molar-refractivity contribution in [2.24, 2.45) is 0 Å². The Balaban J connectivity index is 3.90. The lowest BCUT2D eigenvalue weighted by Gasteiger charge is -2.32. The zero-order chi connectivity index (χ0) is 12.4. The Bertz CT molecular complexity index is 153. The first kappa shape index (κ1) is 15.9. The van der Waals surface area contributed by atoms with Gasteiger partial charge >= 0.3 is 0 Å². The van der Waals surface area contributed by atoms with E-state index in [-0.39, 0.29) is 0 Å². The third-order valence-corrected chi connectivity index (χ3v) is 3.17. The minimum Gasteiger partial charge on any atom is -0.380 e. The quantitative estimate of drug-likeness (QED) is 0.582. The van der Waals surface area contributed by atoms with Crippen molar-refractivity contribution >= 4 is 0 Å². The summed E-state index contributed by atoms with van der Waals surface area (Å²) in [6.45, 7) is 12.6. The molecule has 0 saturated carbocycles. The van der Waals surface area contributed by atoms with Crippen molar-refractivity contribution in [2.45, 2.75) is 52.6 Å². The first-order chi connectivity index (χ1) is 7.67. The fourth-order valence-corrected chi connectivity index (χ4v) is 1.85. The van der Waals surface area contributed by atoms with Crippen molar-refractivity contribution in [3.05, 3.63) is 0 Å². The molecule has 3 nitrogen and oxygen atoms in total. The van der Waals surface area contributed by atoms with Crippen LogP contribution in [0.3, 0.4) is 0 Å². The van der Waals surface area contributed by atoms with Crippen LogP contribution in [0, 0.1) is 0 Å². The van der Waals surface area contributed by atoms with Crippen LogP contribution in [0.1, 0.15) is 40.5 Å². The lowest BCUT2D eigenvalue weighted by molar-refractivity contribution is 0.101. The second-order valence-corrected chi connectivity index (χ2v) is 4.39. The lowest BCUT2D eigenvalue weighted by atomic mass is 10.1. The Morgan fingerprint density at radius 1 is 1.25 bits per heavy atom. The van der Waals surface area contributed by atoms with E-state index in [2.05, 4.69) is 38.0 Å².